The van der Waals surface area contributed by atoms with Crippen LogP contribution in [0.3, 0.4) is 0 Å². The first kappa shape index (κ1) is 16.0. The van der Waals surface area contributed by atoms with E-state index in [4.69, 9.17) is 5.73 Å². The zero-order chi connectivity index (χ0) is 15.3. The fourth-order valence-corrected chi connectivity index (χ4v) is 2.00. The summed E-state index contributed by atoms with van der Waals surface area (Å²) >= 11 is 1.08. The van der Waals surface area contributed by atoms with Gasteiger partial charge >= 0.3 is 0 Å². The number of nitrogens with two attached hydrogens (primary N) is 1. The molecule has 2 amide bonds. The van der Waals surface area contributed by atoms with E-state index in [1.165, 1.54) is 12.3 Å². The highest BCUT2D eigenvalue weighted by molar-refractivity contribution is 7.11. The molecule has 6 nitrogen and oxygen atoms in total. The fraction of sp³-hybridized carbons (Fsp3) is 0.385. The number of nitrogens with zero attached hydrogens (tertiary/aromatic N) is 1. The number of thiazole rings is 1. The third kappa shape index (κ3) is 4.58. The second-order valence-corrected chi connectivity index (χ2v) is 5.43. The Kier molecular flexibility index (Phi) is 5.57. The van der Waals surface area contributed by atoms with Crippen molar-refractivity contribution in [2.75, 3.05) is 0 Å². The lowest BCUT2D eigenvalue weighted by molar-refractivity contribution is -0.118. The summed E-state index contributed by atoms with van der Waals surface area (Å²) < 4.78 is 0. The molecule has 0 saturated carbocycles. The summed E-state index contributed by atoms with van der Waals surface area (Å²) in [5, 5.41) is 4.19. The fourth-order valence-electron chi connectivity index (χ4n) is 1.30. The minimum absolute atomic E-state index is 0.101. The van der Waals surface area contributed by atoms with Gasteiger partial charge in [0.15, 0.2) is 10.8 Å². The molecule has 1 atom stereocenters. The summed E-state index contributed by atoms with van der Waals surface area (Å²) in [6.45, 7) is 5.25. The average Bonchev–Trinajstić information content (AvgIpc) is 2.83. The van der Waals surface area contributed by atoms with Crippen LogP contribution in [0.5, 0.6) is 0 Å². The second-order valence-electron chi connectivity index (χ2n) is 4.58. The van der Waals surface area contributed by atoms with Gasteiger partial charge in [-0.3, -0.25) is 14.4 Å². The quantitative estimate of drug-likeness (QED) is 0.607. The molecule has 1 heterocycles. The van der Waals surface area contributed by atoms with Crippen molar-refractivity contribution in [3.63, 3.8) is 0 Å². The van der Waals surface area contributed by atoms with Crippen LogP contribution in [-0.4, -0.2) is 28.6 Å². The number of aromatic nitrogens is 1. The lowest BCUT2D eigenvalue weighted by Gasteiger charge is -2.10. The topological polar surface area (TPSA) is 102 Å². The van der Waals surface area contributed by atoms with Crippen molar-refractivity contribution >= 4 is 28.9 Å². The molecular formula is C13H17N3O3S. The Bertz CT molecular complexity index is 549. The van der Waals surface area contributed by atoms with Gasteiger partial charge in [0.2, 0.25) is 5.91 Å². The van der Waals surface area contributed by atoms with Crippen molar-refractivity contribution in [1.82, 2.24) is 10.3 Å². The van der Waals surface area contributed by atoms with E-state index in [9.17, 15) is 14.4 Å². The molecule has 0 aliphatic rings. The molecule has 3 N–H and O–H groups in total. The lowest BCUT2D eigenvalue weighted by atomic mass is 10.1. The van der Waals surface area contributed by atoms with E-state index in [1.807, 2.05) is 13.8 Å². The molecule has 108 valence electrons. The number of hydrogen-bond acceptors (Lipinski definition) is 5. The van der Waals surface area contributed by atoms with E-state index in [2.05, 4.69) is 10.3 Å². The van der Waals surface area contributed by atoms with Gasteiger partial charge in [0.1, 0.15) is 11.7 Å². The van der Waals surface area contributed by atoms with E-state index >= 15 is 0 Å². The van der Waals surface area contributed by atoms with Gasteiger partial charge in [0.25, 0.3) is 5.91 Å². The Morgan fingerprint density at radius 1 is 1.35 bits per heavy atom. The number of primary amides is 1. The molecule has 0 aliphatic heterocycles. The smallest absolute Gasteiger partial charge is 0.271 e. The van der Waals surface area contributed by atoms with Gasteiger partial charge < -0.3 is 11.1 Å². The van der Waals surface area contributed by atoms with E-state index in [0.29, 0.717) is 0 Å². The molecule has 7 heteroatoms. The molecular weight excluding hydrogens is 278 g/mol. The number of carbonyl (C=O) groups is 3. The van der Waals surface area contributed by atoms with Crippen LogP contribution in [0.25, 0.3) is 0 Å². The van der Waals surface area contributed by atoms with Crippen molar-refractivity contribution in [3.05, 3.63) is 28.2 Å². The molecule has 1 unspecified atom stereocenters. The van der Waals surface area contributed by atoms with Crippen LogP contribution in [0.4, 0.5) is 0 Å². The normalized spacial score (nSPS) is 12.6. The molecule has 0 saturated heterocycles. The largest absolute Gasteiger partial charge is 0.368 e. The van der Waals surface area contributed by atoms with Crippen LogP contribution in [0.15, 0.2) is 17.5 Å². The van der Waals surface area contributed by atoms with Crippen molar-refractivity contribution < 1.29 is 14.4 Å². The first-order valence-electron chi connectivity index (χ1n) is 6.06. The maximum Gasteiger partial charge on any atom is 0.271 e. The molecule has 0 bridgehead atoms. The van der Waals surface area contributed by atoms with Gasteiger partial charge in [-0.15, -0.1) is 11.3 Å². The van der Waals surface area contributed by atoms with Crippen LogP contribution >= 0.6 is 11.3 Å². The predicted octanol–water partition coefficient (Wildman–Crippen LogP) is 1.14. The minimum Gasteiger partial charge on any atom is -0.368 e. The van der Waals surface area contributed by atoms with Crippen molar-refractivity contribution in [3.8, 4) is 0 Å². The summed E-state index contributed by atoms with van der Waals surface area (Å²) in [5.74, 6) is -1.17. The first-order chi connectivity index (χ1) is 9.31. The number of allylic oxidation sites excluding steroid dienone is 1. The number of ketones is 1. The highest BCUT2D eigenvalue weighted by Crippen LogP contribution is 2.10. The minimum atomic E-state index is -0.896. The highest BCUT2D eigenvalue weighted by Gasteiger charge is 2.19. The molecule has 0 spiro atoms. The van der Waals surface area contributed by atoms with Gasteiger partial charge in [-0.25, -0.2) is 4.98 Å². The van der Waals surface area contributed by atoms with E-state index in [1.54, 1.807) is 12.2 Å². The maximum atomic E-state index is 11.9. The SMILES string of the molecule is CC(=O)c1nc(C(=O)NC(/C=C/C(C)C)C(N)=O)cs1. The van der Waals surface area contributed by atoms with Crippen LogP contribution in [0, 0.1) is 5.92 Å². The van der Waals surface area contributed by atoms with E-state index in [-0.39, 0.29) is 22.4 Å². The number of rotatable bonds is 6. The summed E-state index contributed by atoms with van der Waals surface area (Å²) in [4.78, 5) is 38.2. The van der Waals surface area contributed by atoms with E-state index < -0.39 is 17.9 Å². The van der Waals surface area contributed by atoms with Crippen molar-refractivity contribution in [2.24, 2.45) is 11.7 Å². The van der Waals surface area contributed by atoms with Crippen LogP contribution < -0.4 is 11.1 Å². The Morgan fingerprint density at radius 2 is 2.00 bits per heavy atom. The standard InChI is InChI=1S/C13H17N3O3S/c1-7(2)4-5-9(11(14)18)15-12(19)10-6-20-13(16-10)8(3)17/h4-7,9H,1-3H3,(H2,14,18)(H,15,19)/b5-4+. The predicted molar refractivity (Wildman–Crippen MR) is 76.5 cm³/mol. The monoisotopic (exact) mass is 295 g/mol. The Balaban J connectivity index is 2.80. The molecule has 1 rings (SSSR count). The van der Waals surface area contributed by atoms with Crippen LogP contribution in [0.2, 0.25) is 0 Å². The van der Waals surface area contributed by atoms with Crippen molar-refractivity contribution in [1.29, 1.82) is 0 Å². The highest BCUT2D eigenvalue weighted by atomic mass is 32.1. The molecule has 20 heavy (non-hydrogen) atoms. The first-order valence-corrected chi connectivity index (χ1v) is 6.94. The Labute approximate surface area is 121 Å². The molecule has 0 fully saturated rings. The maximum absolute atomic E-state index is 11.9. The average molecular weight is 295 g/mol. The Morgan fingerprint density at radius 3 is 2.45 bits per heavy atom. The molecule has 0 radical (unpaired) electrons. The number of hydrogen-bond donors (Lipinski definition) is 2. The van der Waals surface area contributed by atoms with Gasteiger partial charge in [-0.05, 0) is 5.92 Å². The molecule has 1 aromatic rings. The third-order valence-corrected chi connectivity index (χ3v) is 3.26. The number of nitrogens with one attached hydrogen (secondary N) is 1. The summed E-state index contributed by atoms with van der Waals surface area (Å²) in [6, 6.07) is -0.896. The zero-order valence-corrected chi connectivity index (χ0v) is 12.4. The lowest BCUT2D eigenvalue weighted by Crippen LogP contribution is -2.43. The van der Waals surface area contributed by atoms with Gasteiger partial charge in [-0.1, -0.05) is 26.0 Å². The second kappa shape index (κ2) is 6.95. The number of carbonyl (C=O) groups excluding carboxylic acids is 3. The van der Waals surface area contributed by atoms with E-state index in [0.717, 1.165) is 11.3 Å². The van der Waals surface area contributed by atoms with Gasteiger partial charge in [-0.2, -0.15) is 0 Å². The molecule has 1 aromatic heterocycles. The third-order valence-electron chi connectivity index (χ3n) is 2.32. The van der Waals surface area contributed by atoms with Crippen LogP contribution in [-0.2, 0) is 4.79 Å². The number of Topliss-reactive ketones (excluding diaryl/α,β-unsaturated/α-hetero) is 1. The molecule has 0 aliphatic carbocycles. The van der Waals surface area contributed by atoms with Gasteiger partial charge in [0.05, 0.1) is 0 Å². The zero-order valence-electron chi connectivity index (χ0n) is 11.5. The number of amides is 2. The summed E-state index contributed by atoms with van der Waals surface area (Å²) in [6.07, 6.45) is 3.32. The Hall–Kier alpha value is -2.02. The van der Waals surface area contributed by atoms with Crippen molar-refractivity contribution in [2.45, 2.75) is 26.8 Å². The molecule has 0 aromatic carbocycles. The van der Waals surface area contributed by atoms with Crippen LogP contribution in [0.1, 0.15) is 41.1 Å². The van der Waals surface area contributed by atoms with Gasteiger partial charge in [0, 0.05) is 12.3 Å². The summed E-state index contributed by atoms with van der Waals surface area (Å²) in [5.41, 5.74) is 5.33. The summed E-state index contributed by atoms with van der Waals surface area (Å²) in [7, 11) is 0.